The molecule has 5 nitrogen and oxygen atoms in total. The number of nitrogens with zero attached hydrogens (tertiary/aromatic N) is 3. The number of amides is 1. The Morgan fingerprint density at radius 2 is 1.69 bits per heavy atom. The first kappa shape index (κ1) is 19.1. The van der Waals surface area contributed by atoms with Crippen LogP contribution < -0.4 is 5.56 Å². The average Bonchev–Trinajstić information content (AvgIpc) is 3.19. The zero-order valence-corrected chi connectivity index (χ0v) is 17.9. The third-order valence-corrected chi connectivity index (χ3v) is 7.01. The van der Waals surface area contributed by atoms with E-state index < -0.39 is 0 Å². The highest BCUT2D eigenvalue weighted by Crippen LogP contribution is 2.35. The van der Waals surface area contributed by atoms with Crippen LogP contribution in [0.5, 0.6) is 0 Å². The summed E-state index contributed by atoms with van der Waals surface area (Å²) < 4.78 is 4.06. The third kappa shape index (κ3) is 3.16. The number of carbonyl (C=O) groups excluding carboxylic acids is 1. The van der Waals surface area contributed by atoms with Crippen LogP contribution in [0, 0.1) is 5.92 Å². The van der Waals surface area contributed by atoms with Gasteiger partial charge < -0.3 is 14.0 Å². The van der Waals surface area contributed by atoms with Gasteiger partial charge in [-0.25, -0.2) is 0 Å². The van der Waals surface area contributed by atoms with Crippen LogP contribution in [0.15, 0.2) is 83.7 Å². The number of pyridine rings is 1. The van der Waals surface area contributed by atoms with E-state index in [2.05, 4.69) is 34.9 Å². The topological polar surface area (TPSA) is 47.2 Å². The summed E-state index contributed by atoms with van der Waals surface area (Å²) in [6.45, 7) is 2.42. The molecule has 0 aliphatic carbocycles. The zero-order chi connectivity index (χ0) is 21.7. The lowest BCUT2D eigenvalue weighted by atomic mass is 9.83. The lowest BCUT2D eigenvalue weighted by Crippen LogP contribution is -2.49. The molecule has 6 rings (SSSR count). The zero-order valence-electron chi connectivity index (χ0n) is 17.9. The smallest absolute Gasteiger partial charge is 0.250 e. The maximum atomic E-state index is 13.5. The van der Waals surface area contributed by atoms with E-state index in [0.717, 1.165) is 40.8 Å². The number of fused-ring (bicyclic) bond motifs is 5. The molecular weight excluding hydrogens is 398 g/mol. The normalized spacial score (nSPS) is 19.7. The number of para-hydroxylation sites is 1. The molecule has 2 bridgehead atoms. The van der Waals surface area contributed by atoms with Crippen molar-refractivity contribution >= 4 is 16.8 Å². The summed E-state index contributed by atoms with van der Waals surface area (Å²) in [5.74, 6) is 0.709. The van der Waals surface area contributed by atoms with E-state index in [4.69, 9.17) is 0 Å². The van der Waals surface area contributed by atoms with Crippen molar-refractivity contribution in [3.63, 3.8) is 0 Å². The molecule has 5 heteroatoms. The molecule has 0 unspecified atom stereocenters. The molecular formula is C27H25N3O2. The van der Waals surface area contributed by atoms with E-state index in [0.29, 0.717) is 25.6 Å². The van der Waals surface area contributed by atoms with Crippen molar-refractivity contribution in [3.8, 4) is 11.3 Å². The lowest BCUT2D eigenvalue weighted by molar-refractivity contribution is -0.134. The van der Waals surface area contributed by atoms with Gasteiger partial charge in [0.05, 0.1) is 0 Å². The molecule has 0 saturated carbocycles. The number of hydrogen-bond donors (Lipinski definition) is 0. The molecule has 0 radical (unpaired) electrons. The predicted octanol–water partition coefficient (Wildman–Crippen LogP) is 4.12. The van der Waals surface area contributed by atoms with Crippen molar-refractivity contribution in [3.05, 3.63) is 94.9 Å². The standard InChI is InChI=1S/C27H25N3O2/c31-26-12-6-11-24-22-13-19(16-30(24)26)15-28(17-22)27(32)18-29-23-10-5-4-9-21(23)14-25(29)20-7-2-1-3-8-20/h1-12,14,19,22H,13,15-18H2/t19-,22-/m1/s1. The second-order valence-electron chi connectivity index (χ2n) is 9.04. The van der Waals surface area contributed by atoms with Gasteiger partial charge in [0.2, 0.25) is 5.91 Å². The number of rotatable bonds is 3. The minimum atomic E-state index is 0.0725. The summed E-state index contributed by atoms with van der Waals surface area (Å²) in [4.78, 5) is 27.9. The Bertz CT molecular complexity index is 1370. The number of likely N-dealkylation sites (tertiary alicyclic amines) is 1. The molecule has 0 spiro atoms. The van der Waals surface area contributed by atoms with Gasteiger partial charge in [0.1, 0.15) is 6.54 Å². The number of hydrogen-bond acceptors (Lipinski definition) is 2. The minimum Gasteiger partial charge on any atom is -0.340 e. The van der Waals surface area contributed by atoms with Gasteiger partial charge in [-0.2, -0.15) is 0 Å². The minimum absolute atomic E-state index is 0.0725. The molecule has 160 valence electrons. The van der Waals surface area contributed by atoms with E-state index in [1.807, 2.05) is 51.9 Å². The highest BCUT2D eigenvalue weighted by atomic mass is 16.2. The Labute approximate surface area is 186 Å². The van der Waals surface area contributed by atoms with Crippen molar-refractivity contribution in [1.82, 2.24) is 14.0 Å². The molecule has 2 aliphatic rings. The quantitative estimate of drug-likeness (QED) is 0.498. The van der Waals surface area contributed by atoms with Crippen LogP contribution in [0.25, 0.3) is 22.2 Å². The van der Waals surface area contributed by atoms with Gasteiger partial charge in [0.25, 0.3) is 5.56 Å². The largest absolute Gasteiger partial charge is 0.340 e. The van der Waals surface area contributed by atoms with Crippen LogP contribution >= 0.6 is 0 Å². The molecule has 2 aromatic carbocycles. The monoisotopic (exact) mass is 423 g/mol. The number of aromatic nitrogens is 2. The fourth-order valence-corrected chi connectivity index (χ4v) is 5.56. The van der Waals surface area contributed by atoms with Crippen molar-refractivity contribution in [2.75, 3.05) is 13.1 Å². The molecule has 2 atom stereocenters. The fraction of sp³-hybridized carbons (Fsp3) is 0.259. The average molecular weight is 424 g/mol. The molecule has 1 fully saturated rings. The fourth-order valence-electron chi connectivity index (χ4n) is 5.56. The van der Waals surface area contributed by atoms with E-state index >= 15 is 0 Å². The maximum Gasteiger partial charge on any atom is 0.250 e. The molecule has 32 heavy (non-hydrogen) atoms. The Kier molecular flexibility index (Phi) is 4.49. The van der Waals surface area contributed by atoms with Crippen molar-refractivity contribution < 1.29 is 4.79 Å². The van der Waals surface area contributed by atoms with Gasteiger partial charge in [-0.05, 0) is 36.1 Å². The summed E-state index contributed by atoms with van der Waals surface area (Å²) in [6.07, 6.45) is 1.05. The van der Waals surface area contributed by atoms with Gasteiger partial charge in [-0.3, -0.25) is 9.59 Å². The second kappa shape index (κ2) is 7.52. The Balaban J connectivity index is 1.32. The summed E-state index contributed by atoms with van der Waals surface area (Å²) >= 11 is 0. The van der Waals surface area contributed by atoms with Crippen LogP contribution in [0.1, 0.15) is 18.0 Å². The van der Waals surface area contributed by atoms with Gasteiger partial charge in [0.15, 0.2) is 0 Å². The van der Waals surface area contributed by atoms with Gasteiger partial charge in [0, 0.05) is 53.9 Å². The number of carbonyl (C=O) groups is 1. The summed E-state index contributed by atoms with van der Waals surface area (Å²) in [5, 5.41) is 1.14. The van der Waals surface area contributed by atoms with Crippen LogP contribution in [0.2, 0.25) is 0 Å². The van der Waals surface area contributed by atoms with Gasteiger partial charge in [-0.15, -0.1) is 0 Å². The molecule has 1 saturated heterocycles. The van der Waals surface area contributed by atoms with E-state index in [1.165, 1.54) is 0 Å². The van der Waals surface area contributed by atoms with Gasteiger partial charge in [-0.1, -0.05) is 54.6 Å². The first-order chi connectivity index (χ1) is 15.7. The van der Waals surface area contributed by atoms with Gasteiger partial charge >= 0.3 is 0 Å². The maximum absolute atomic E-state index is 13.5. The first-order valence-corrected chi connectivity index (χ1v) is 11.3. The number of piperidine rings is 1. The lowest BCUT2D eigenvalue weighted by Gasteiger charge is -2.42. The molecule has 4 heterocycles. The summed E-state index contributed by atoms with van der Waals surface area (Å²) in [5.41, 5.74) is 4.40. The van der Waals surface area contributed by atoms with Crippen LogP contribution in [0.3, 0.4) is 0 Å². The molecule has 2 aliphatic heterocycles. The van der Waals surface area contributed by atoms with Crippen molar-refractivity contribution in [2.24, 2.45) is 5.92 Å². The van der Waals surface area contributed by atoms with Crippen molar-refractivity contribution in [1.29, 1.82) is 0 Å². The molecule has 2 aromatic heterocycles. The number of benzene rings is 2. The molecule has 0 N–H and O–H groups in total. The SMILES string of the molecule is O=C(Cn1c(-c2ccccc2)cc2ccccc21)N1C[C@H]2C[C@H](C1)c1cccc(=O)n1C2. The van der Waals surface area contributed by atoms with E-state index in [1.54, 1.807) is 6.07 Å². The first-order valence-electron chi connectivity index (χ1n) is 11.3. The van der Waals surface area contributed by atoms with Crippen LogP contribution in [-0.2, 0) is 17.9 Å². The van der Waals surface area contributed by atoms with E-state index in [9.17, 15) is 9.59 Å². The highest BCUT2D eigenvalue weighted by molar-refractivity contribution is 5.89. The second-order valence-corrected chi connectivity index (χ2v) is 9.04. The van der Waals surface area contributed by atoms with Crippen LogP contribution in [-0.4, -0.2) is 33.0 Å². The predicted molar refractivity (Wildman–Crippen MR) is 126 cm³/mol. The Morgan fingerprint density at radius 3 is 2.56 bits per heavy atom. The van der Waals surface area contributed by atoms with E-state index in [-0.39, 0.29) is 17.4 Å². The summed E-state index contributed by atoms with van der Waals surface area (Å²) in [6, 6.07) is 26.2. The molecule has 4 aromatic rings. The van der Waals surface area contributed by atoms with Crippen LogP contribution in [0.4, 0.5) is 0 Å². The highest BCUT2D eigenvalue weighted by Gasteiger charge is 2.36. The summed E-state index contributed by atoms with van der Waals surface area (Å²) in [7, 11) is 0. The molecule has 1 amide bonds. The van der Waals surface area contributed by atoms with Crippen molar-refractivity contribution in [2.45, 2.75) is 25.4 Å². The third-order valence-electron chi connectivity index (χ3n) is 7.01. The Hall–Kier alpha value is -3.60. The Morgan fingerprint density at radius 1 is 0.875 bits per heavy atom.